The molecule has 3 amide bonds. The van der Waals surface area contributed by atoms with E-state index in [1.807, 2.05) is 51.1 Å². The smallest absolute Gasteiger partial charge is 0.287 e. The molecule has 0 unspecified atom stereocenters. The molecule has 21 nitrogen and oxygen atoms in total. The molecule has 4 aromatic carbocycles. The molecule has 0 atom stereocenters. The second kappa shape index (κ2) is 20.9. The summed E-state index contributed by atoms with van der Waals surface area (Å²) in [6, 6.07) is 11.9. The van der Waals surface area contributed by atoms with E-state index in [4.69, 9.17) is 11.5 Å². The summed E-state index contributed by atoms with van der Waals surface area (Å²) in [5.74, 6) is -0.769. The largest absolute Gasteiger partial charge is 0.394 e. The fraction of sp³-hybridized carbons (Fsp3) is 0.417. The fourth-order valence-corrected chi connectivity index (χ4v) is 16.6. The number of thiophene rings is 2. The first-order valence-electron chi connectivity index (χ1n) is 28.4. The number of piperidine rings is 2. The first-order chi connectivity index (χ1) is 39.9. The molecule has 9 N–H and O–H groups in total. The van der Waals surface area contributed by atoms with Gasteiger partial charge in [-0.25, -0.2) is 9.97 Å². The van der Waals surface area contributed by atoms with Crippen LogP contribution >= 0.6 is 22.7 Å². The van der Waals surface area contributed by atoms with Crippen LogP contribution in [0.25, 0.3) is 20.4 Å². The van der Waals surface area contributed by atoms with E-state index >= 15 is 0 Å². The zero-order chi connectivity index (χ0) is 57.6. The van der Waals surface area contributed by atoms with Crippen molar-refractivity contribution < 1.29 is 14.4 Å². The zero-order valence-corrected chi connectivity index (χ0v) is 47.5. The van der Waals surface area contributed by atoms with E-state index in [9.17, 15) is 43.2 Å². The van der Waals surface area contributed by atoms with E-state index < -0.39 is 33.5 Å². The molecular formula is C60H62N12O9S2. The molecule has 2 spiro atoms. The molecule has 6 aliphatic rings. The highest BCUT2D eigenvalue weighted by atomic mass is 32.1. The lowest BCUT2D eigenvalue weighted by Gasteiger charge is -2.43. The summed E-state index contributed by atoms with van der Waals surface area (Å²) in [5, 5.41) is 10.4. The Morgan fingerprint density at radius 1 is 0.578 bits per heavy atom. The SMILES string of the molecule is CC(=O)N1CCC2(CCc3c(sc4nc(C(=O)NCc5ccc6c(c5)CN(c5c(N)c(=O)c5=O)CC6)[nH]c(=O)c34)C2)CC1.Nc1c(N2CCc3ccc(CNC(=O)c4nc5sc6c(c5c(=O)[nH]4)CCC4(CCNCC4)C6)cc3C2)c(=O)c1=O. The molecule has 428 valence electrons. The molecule has 0 saturated carbocycles. The van der Waals surface area contributed by atoms with Gasteiger partial charge in [0.15, 0.2) is 0 Å². The number of rotatable bonds is 8. The minimum absolute atomic E-state index is 0.0136. The lowest BCUT2D eigenvalue weighted by Crippen LogP contribution is -2.44. The molecular weight excluding hydrogens is 1100 g/mol. The van der Waals surface area contributed by atoms with E-state index in [2.05, 4.69) is 35.9 Å². The number of hydrogen-bond acceptors (Lipinski definition) is 18. The second-order valence-corrected chi connectivity index (χ2v) is 25.7. The third-order valence-electron chi connectivity index (χ3n) is 18.7. The molecule has 2 saturated heterocycles. The van der Waals surface area contributed by atoms with Gasteiger partial charge in [0, 0.05) is 69.0 Å². The van der Waals surface area contributed by atoms with Gasteiger partial charge in [-0.3, -0.25) is 43.2 Å². The first kappa shape index (κ1) is 54.1. The number of H-pyrrole nitrogens is 2. The van der Waals surface area contributed by atoms with Gasteiger partial charge >= 0.3 is 0 Å². The van der Waals surface area contributed by atoms with Gasteiger partial charge in [-0.2, -0.15) is 0 Å². The second-order valence-electron chi connectivity index (χ2n) is 23.6. The number of aryl methyl sites for hydroxylation is 2. The summed E-state index contributed by atoms with van der Waals surface area (Å²) in [4.78, 5) is 135. The van der Waals surface area contributed by atoms with Crippen molar-refractivity contribution in [2.75, 3.05) is 60.5 Å². The number of likely N-dealkylation sites (tertiary alicyclic amines) is 1. The van der Waals surface area contributed by atoms with Crippen molar-refractivity contribution >= 4 is 83.6 Å². The number of nitrogens with two attached hydrogens (primary N) is 2. The highest BCUT2D eigenvalue weighted by molar-refractivity contribution is 7.19. The van der Waals surface area contributed by atoms with Crippen LogP contribution in [0.15, 0.2) is 65.2 Å². The van der Waals surface area contributed by atoms with Crippen LogP contribution < -0.4 is 70.1 Å². The Morgan fingerprint density at radius 3 is 1.46 bits per heavy atom. The third kappa shape index (κ3) is 9.74. The Bertz CT molecular complexity index is 4300. The Morgan fingerprint density at radius 2 is 1.02 bits per heavy atom. The fourth-order valence-electron chi connectivity index (χ4n) is 13.8. The molecule has 2 fully saturated rings. The Balaban J connectivity index is 0.000000156. The molecule has 8 aromatic rings. The maximum Gasteiger partial charge on any atom is 0.287 e. The van der Waals surface area contributed by atoms with Gasteiger partial charge in [0.2, 0.25) is 17.6 Å². The number of hydrogen-bond donors (Lipinski definition) is 7. The minimum Gasteiger partial charge on any atom is -0.394 e. The Hall–Kier alpha value is -8.15. The molecule has 4 aliphatic heterocycles. The van der Waals surface area contributed by atoms with Gasteiger partial charge in [-0.15, -0.1) is 22.7 Å². The molecule has 23 heteroatoms. The van der Waals surface area contributed by atoms with E-state index in [0.29, 0.717) is 69.8 Å². The van der Waals surface area contributed by atoms with Gasteiger partial charge < -0.3 is 52.1 Å². The summed E-state index contributed by atoms with van der Waals surface area (Å²) >= 11 is 3.06. The average molecular weight is 1160 g/mol. The Labute approximate surface area is 481 Å². The molecule has 2 aliphatic carbocycles. The van der Waals surface area contributed by atoms with Crippen molar-refractivity contribution in [2.24, 2.45) is 10.8 Å². The van der Waals surface area contributed by atoms with Crippen molar-refractivity contribution in [2.45, 2.75) is 110 Å². The van der Waals surface area contributed by atoms with Crippen LogP contribution in [-0.2, 0) is 69.5 Å². The van der Waals surface area contributed by atoms with Crippen molar-refractivity contribution in [3.05, 3.63) is 164 Å². The molecule has 0 radical (unpaired) electrons. The number of nitrogen functional groups attached to an aromatic ring is 2. The zero-order valence-electron chi connectivity index (χ0n) is 45.9. The molecule has 0 bridgehead atoms. The molecule has 4 aromatic heterocycles. The lowest BCUT2D eigenvalue weighted by atomic mass is 9.68. The van der Waals surface area contributed by atoms with Crippen LogP contribution in [0.4, 0.5) is 22.7 Å². The van der Waals surface area contributed by atoms with Gasteiger partial charge in [0.25, 0.3) is 44.6 Å². The third-order valence-corrected chi connectivity index (χ3v) is 20.9. The van der Waals surface area contributed by atoms with Crippen LogP contribution in [0, 0.1) is 10.8 Å². The number of fused-ring (bicyclic) bond motifs is 8. The van der Waals surface area contributed by atoms with E-state index in [-0.39, 0.29) is 58.6 Å². The number of anilines is 4. The number of carbonyl (C=O) groups is 3. The van der Waals surface area contributed by atoms with Crippen LogP contribution in [-0.4, -0.2) is 81.8 Å². The van der Waals surface area contributed by atoms with Crippen LogP contribution in [0.5, 0.6) is 0 Å². The topological polar surface area (TPSA) is 309 Å². The number of nitrogens with one attached hydrogen (secondary N) is 5. The summed E-state index contributed by atoms with van der Waals surface area (Å²) < 4.78 is 0. The minimum atomic E-state index is -0.625. The number of carbonyl (C=O) groups excluding carboxylic acids is 3. The predicted molar refractivity (Wildman–Crippen MR) is 319 cm³/mol. The van der Waals surface area contributed by atoms with Crippen molar-refractivity contribution in [1.29, 1.82) is 0 Å². The van der Waals surface area contributed by atoms with Gasteiger partial charge in [0.05, 0.1) is 10.8 Å². The van der Waals surface area contributed by atoms with Gasteiger partial charge in [0.1, 0.15) is 32.4 Å². The monoisotopic (exact) mass is 1160 g/mol. The number of aromatic nitrogens is 4. The van der Waals surface area contributed by atoms with Crippen molar-refractivity contribution in [1.82, 2.24) is 40.8 Å². The lowest BCUT2D eigenvalue weighted by molar-refractivity contribution is -0.131. The van der Waals surface area contributed by atoms with Crippen LogP contribution in [0.3, 0.4) is 0 Å². The van der Waals surface area contributed by atoms with E-state index in [1.54, 1.807) is 18.3 Å². The van der Waals surface area contributed by atoms with Crippen molar-refractivity contribution in [3.63, 3.8) is 0 Å². The van der Waals surface area contributed by atoms with E-state index in [1.165, 1.54) is 21.1 Å². The number of benzene rings is 2. The van der Waals surface area contributed by atoms with Gasteiger partial charge in [-0.1, -0.05) is 36.4 Å². The summed E-state index contributed by atoms with van der Waals surface area (Å²) in [7, 11) is 0. The van der Waals surface area contributed by atoms with Crippen LogP contribution in [0.2, 0.25) is 0 Å². The average Bonchev–Trinajstić information content (AvgIpc) is 3.52. The Kier molecular flexibility index (Phi) is 13.6. The number of amides is 3. The maximum absolute atomic E-state index is 13.2. The molecule has 8 heterocycles. The normalized spacial score (nSPS) is 17.9. The van der Waals surface area contributed by atoms with Crippen LogP contribution in [0.1, 0.15) is 121 Å². The highest BCUT2D eigenvalue weighted by Gasteiger charge is 2.41. The number of nitrogens with zero attached hydrogens (tertiary/aromatic N) is 5. The predicted octanol–water partition coefficient (Wildman–Crippen LogP) is 3.29. The maximum atomic E-state index is 13.2. The molecule has 14 rings (SSSR count). The standard InChI is InChI=1S/C31H32N6O5S.C29H30N6O4S/c1-16(38)36-10-7-31(8-11-36)6-4-20-21(13-31)43-30-22(20)28(41)34-27(35-30)29(42)33-14-17-2-3-18-5-9-37(15-19(18)12-17)24-23(32)25(39)26(24)40;30-21-22(24(37)23(21)36)35-10-4-16-2-1-15(11-17(16)14-35)13-32-27(39)25-33-26(38)20-18-3-5-29(6-8-31-9-7-29)12-19(18)40-28(20)34-25/h2-3,12H,4-11,13-15,32H2,1H3,(H,33,42)(H,34,35,41);1-2,11,31H,3-10,12-14,30H2,(H,32,39)(H,33,34,38). The van der Waals surface area contributed by atoms with Crippen molar-refractivity contribution in [3.8, 4) is 0 Å². The summed E-state index contributed by atoms with van der Waals surface area (Å²) in [6.45, 7) is 7.88. The highest BCUT2D eigenvalue weighted by Crippen LogP contribution is 2.48. The van der Waals surface area contributed by atoms with Gasteiger partial charge in [-0.05, 0) is 145 Å². The number of aromatic amines is 2. The van der Waals surface area contributed by atoms with E-state index in [0.717, 1.165) is 141 Å². The molecule has 83 heavy (non-hydrogen) atoms. The summed E-state index contributed by atoms with van der Waals surface area (Å²) in [6.07, 6.45) is 11.3. The quantitative estimate of drug-likeness (QED) is 0.107. The first-order valence-corrected chi connectivity index (χ1v) is 30.1. The summed E-state index contributed by atoms with van der Waals surface area (Å²) in [5.41, 5.74) is 18.1.